The van der Waals surface area contributed by atoms with Gasteiger partial charge < -0.3 is 5.32 Å². The molecule has 0 aromatic carbocycles. The molecule has 0 amide bonds. The van der Waals surface area contributed by atoms with Crippen LogP contribution in [-0.2, 0) is 16.8 Å². The van der Waals surface area contributed by atoms with Crippen LogP contribution in [0.5, 0.6) is 0 Å². The molecular formula is C12H7CoN5S2. The van der Waals surface area contributed by atoms with Gasteiger partial charge in [-0.05, 0) is 42.6 Å². The molecule has 2 aromatic heterocycles. The Morgan fingerprint density at radius 2 is 1.80 bits per heavy atom. The fourth-order valence-corrected chi connectivity index (χ4v) is 1.58. The third kappa shape index (κ3) is 4.11. The van der Waals surface area contributed by atoms with Crippen molar-refractivity contribution in [3.63, 3.8) is 0 Å². The van der Waals surface area contributed by atoms with Gasteiger partial charge in [0.2, 0.25) is 0 Å². The van der Waals surface area contributed by atoms with Crippen LogP contribution in [0.2, 0.25) is 0 Å². The number of rotatable bonds is 4. The van der Waals surface area contributed by atoms with Crippen molar-refractivity contribution in [1.29, 1.82) is 0 Å². The molecule has 2 rings (SSSR count). The summed E-state index contributed by atoms with van der Waals surface area (Å²) in [6, 6.07) is 7.15. The van der Waals surface area contributed by atoms with Gasteiger partial charge in [0, 0.05) is 29.2 Å². The summed E-state index contributed by atoms with van der Waals surface area (Å²) in [7, 11) is 0. The number of nitrogens with one attached hydrogen (secondary N) is 1. The average molecular weight is 344 g/mol. The standard InChI is InChI=1S/C12H7N5S2.Co/c18-7-15-9-4-6-14-12(11(9)16-8-19)17-10-3-1-2-5-13-10;/h1-6H,(H,13,14,17);. The van der Waals surface area contributed by atoms with Crippen LogP contribution in [0.25, 0.3) is 0 Å². The number of pyridine rings is 2. The summed E-state index contributed by atoms with van der Waals surface area (Å²) in [6.07, 6.45) is 3.25. The van der Waals surface area contributed by atoms with Crippen molar-refractivity contribution >= 4 is 57.8 Å². The summed E-state index contributed by atoms with van der Waals surface area (Å²) >= 11 is 9.22. The van der Waals surface area contributed by atoms with Crippen LogP contribution < -0.4 is 5.32 Å². The van der Waals surface area contributed by atoms with Crippen molar-refractivity contribution in [2.45, 2.75) is 0 Å². The minimum atomic E-state index is 0. The fourth-order valence-electron chi connectivity index (χ4n) is 1.39. The van der Waals surface area contributed by atoms with Crippen LogP contribution in [-0.4, -0.2) is 20.3 Å². The molecule has 2 aromatic rings. The number of aliphatic imine (C=N–C) groups is 2. The van der Waals surface area contributed by atoms with E-state index in [1.807, 2.05) is 18.2 Å². The zero-order chi connectivity index (χ0) is 13.5. The van der Waals surface area contributed by atoms with Gasteiger partial charge in [-0.15, -0.1) is 0 Å². The smallest absolute Gasteiger partial charge is 0.160 e. The van der Waals surface area contributed by atoms with Gasteiger partial charge in [0.1, 0.15) is 17.2 Å². The monoisotopic (exact) mass is 344 g/mol. The van der Waals surface area contributed by atoms with E-state index in [2.05, 4.69) is 60.0 Å². The summed E-state index contributed by atoms with van der Waals surface area (Å²) < 4.78 is 0. The molecule has 0 fully saturated rings. The maximum atomic E-state index is 4.63. The molecule has 1 N–H and O–H groups in total. The summed E-state index contributed by atoms with van der Waals surface area (Å²) in [4.78, 5) is 16.2. The number of hydrogen-bond donors (Lipinski definition) is 1. The molecule has 20 heavy (non-hydrogen) atoms. The van der Waals surface area contributed by atoms with Crippen LogP contribution in [0.3, 0.4) is 0 Å². The van der Waals surface area contributed by atoms with Gasteiger partial charge in [0.05, 0.1) is 10.3 Å². The Balaban J connectivity index is 0.00000200. The predicted octanol–water partition coefficient (Wildman–Crippen LogP) is 3.69. The van der Waals surface area contributed by atoms with E-state index in [-0.39, 0.29) is 16.8 Å². The molecule has 101 valence electrons. The van der Waals surface area contributed by atoms with Crippen molar-refractivity contribution in [2.75, 3.05) is 5.32 Å². The van der Waals surface area contributed by atoms with E-state index < -0.39 is 0 Å². The summed E-state index contributed by atoms with van der Waals surface area (Å²) in [5.74, 6) is 1.11. The molecule has 1 radical (unpaired) electrons. The quantitative estimate of drug-likeness (QED) is 0.677. The first-order valence-corrected chi connectivity index (χ1v) is 5.99. The molecule has 0 unspecified atom stereocenters. The van der Waals surface area contributed by atoms with Crippen molar-refractivity contribution in [3.05, 3.63) is 36.7 Å². The molecule has 2 heterocycles. The minimum Gasteiger partial charge on any atom is -0.323 e. The second-order valence-electron chi connectivity index (χ2n) is 3.27. The topological polar surface area (TPSA) is 62.5 Å². The molecule has 0 bridgehead atoms. The van der Waals surface area contributed by atoms with Crippen molar-refractivity contribution < 1.29 is 16.8 Å². The van der Waals surface area contributed by atoms with E-state index in [1.54, 1.807) is 18.5 Å². The first-order chi connectivity index (χ1) is 9.35. The van der Waals surface area contributed by atoms with Crippen LogP contribution in [0.1, 0.15) is 0 Å². The average Bonchev–Trinajstić information content (AvgIpc) is 2.44. The van der Waals surface area contributed by atoms with Crippen LogP contribution >= 0.6 is 24.4 Å². The molecule has 0 spiro atoms. The van der Waals surface area contributed by atoms with Crippen molar-refractivity contribution in [1.82, 2.24) is 9.97 Å². The second-order valence-corrected chi connectivity index (χ2v) is 3.64. The Bertz CT molecular complexity index is 680. The number of thiocarbonyl (C=S) groups is 2. The molecule has 0 aliphatic rings. The van der Waals surface area contributed by atoms with E-state index in [1.165, 1.54) is 0 Å². The van der Waals surface area contributed by atoms with E-state index >= 15 is 0 Å². The van der Waals surface area contributed by atoms with Crippen molar-refractivity contribution in [3.8, 4) is 0 Å². The third-order valence-corrected chi connectivity index (χ3v) is 2.32. The van der Waals surface area contributed by atoms with Crippen molar-refractivity contribution in [2.24, 2.45) is 9.98 Å². The number of hydrogen-bond acceptors (Lipinski definition) is 7. The van der Waals surface area contributed by atoms with Crippen LogP contribution in [0.15, 0.2) is 46.6 Å². The first-order valence-electron chi connectivity index (χ1n) is 5.18. The Hall–Kier alpha value is -1.79. The first kappa shape index (κ1) is 16.3. The largest absolute Gasteiger partial charge is 0.323 e. The fraction of sp³-hybridized carbons (Fsp3) is 0. The molecule has 8 heteroatoms. The molecule has 0 aliphatic carbocycles. The molecular weight excluding hydrogens is 337 g/mol. The van der Waals surface area contributed by atoms with E-state index in [0.29, 0.717) is 23.0 Å². The summed E-state index contributed by atoms with van der Waals surface area (Å²) in [5.41, 5.74) is 0.960. The maximum Gasteiger partial charge on any atom is 0.160 e. The van der Waals surface area contributed by atoms with E-state index in [0.717, 1.165) is 0 Å². The Kier molecular flexibility index (Phi) is 6.82. The number of aromatic nitrogens is 2. The molecule has 0 saturated heterocycles. The predicted molar refractivity (Wildman–Crippen MR) is 81.1 cm³/mol. The van der Waals surface area contributed by atoms with Gasteiger partial charge >= 0.3 is 0 Å². The minimum absolute atomic E-state index is 0. The normalized spacial score (nSPS) is 8.60. The number of nitrogens with zero attached hydrogens (tertiary/aromatic N) is 4. The van der Waals surface area contributed by atoms with Gasteiger partial charge in [-0.1, -0.05) is 6.07 Å². The third-order valence-electron chi connectivity index (χ3n) is 2.14. The summed E-state index contributed by atoms with van der Waals surface area (Å²) in [5, 5.41) is 7.62. The van der Waals surface area contributed by atoms with Gasteiger partial charge in [-0.3, -0.25) is 0 Å². The zero-order valence-corrected chi connectivity index (χ0v) is 12.6. The molecule has 0 atom stereocenters. The maximum absolute atomic E-state index is 4.63. The number of isothiocyanates is 2. The molecule has 0 aliphatic heterocycles. The van der Waals surface area contributed by atoms with Crippen LogP contribution in [0, 0.1) is 0 Å². The van der Waals surface area contributed by atoms with E-state index in [4.69, 9.17) is 0 Å². The van der Waals surface area contributed by atoms with Gasteiger partial charge in [0.25, 0.3) is 0 Å². The number of anilines is 2. The summed E-state index contributed by atoms with van der Waals surface area (Å²) in [6.45, 7) is 0. The SMILES string of the molecule is S=C=Nc1ccnc(Nc2ccccn2)c1N=C=S.[Co]. The molecule has 0 saturated carbocycles. The second kappa shape index (κ2) is 8.39. The zero-order valence-electron chi connectivity index (χ0n) is 9.90. The Labute approximate surface area is 136 Å². The van der Waals surface area contributed by atoms with Crippen LogP contribution in [0.4, 0.5) is 23.0 Å². The van der Waals surface area contributed by atoms with Gasteiger partial charge in [0.15, 0.2) is 5.82 Å². The Morgan fingerprint density at radius 1 is 1.00 bits per heavy atom. The Morgan fingerprint density at radius 3 is 2.45 bits per heavy atom. The van der Waals surface area contributed by atoms with Gasteiger partial charge in [-0.25, -0.2) is 9.97 Å². The van der Waals surface area contributed by atoms with Gasteiger partial charge in [-0.2, -0.15) is 9.98 Å². The molecule has 5 nitrogen and oxygen atoms in total. The van der Waals surface area contributed by atoms with E-state index in [9.17, 15) is 0 Å².